The third-order valence-electron chi connectivity index (χ3n) is 4.75. The molecule has 3 aromatic rings. The van der Waals surface area contributed by atoms with Gasteiger partial charge >= 0.3 is 5.97 Å². The van der Waals surface area contributed by atoms with Gasteiger partial charge in [-0.1, -0.05) is 41.9 Å². The molecule has 0 atom stereocenters. The van der Waals surface area contributed by atoms with E-state index in [1.165, 1.54) is 26.4 Å². The van der Waals surface area contributed by atoms with E-state index >= 15 is 0 Å². The molecule has 1 amide bonds. The second-order valence-corrected chi connectivity index (χ2v) is 7.42. The molecule has 0 unspecified atom stereocenters. The maximum absolute atomic E-state index is 12.7. The minimum absolute atomic E-state index is 0.159. The fourth-order valence-corrected chi connectivity index (χ4v) is 3.15. The second-order valence-electron chi connectivity index (χ2n) is 6.99. The molecule has 3 rings (SSSR count). The van der Waals surface area contributed by atoms with Crippen LogP contribution in [0.4, 0.5) is 5.69 Å². The number of anilines is 1. The van der Waals surface area contributed by atoms with E-state index < -0.39 is 11.9 Å². The molecule has 0 bridgehead atoms. The first kappa shape index (κ1) is 24.4. The number of nitrogens with one attached hydrogen (secondary N) is 1. The molecule has 7 nitrogen and oxygen atoms in total. The Kier molecular flexibility index (Phi) is 8.27. The highest BCUT2D eigenvalue weighted by atomic mass is 35.5. The van der Waals surface area contributed by atoms with E-state index in [9.17, 15) is 14.9 Å². The summed E-state index contributed by atoms with van der Waals surface area (Å²) < 4.78 is 16.0. The minimum atomic E-state index is -0.668. The lowest BCUT2D eigenvalue weighted by Gasteiger charge is -2.12. The highest BCUT2D eigenvalue weighted by Gasteiger charge is 2.16. The highest BCUT2D eigenvalue weighted by Crippen LogP contribution is 2.30. The second kappa shape index (κ2) is 11.5. The number of benzene rings is 3. The van der Waals surface area contributed by atoms with Gasteiger partial charge in [-0.15, -0.1) is 0 Å². The SMILES string of the molecule is COC(=O)c1ccccc1NC(=O)C(C#N)=Cc1ccc(OC)c(OCc2ccc(Cl)cc2)c1. The zero-order valence-corrected chi connectivity index (χ0v) is 19.3. The van der Waals surface area contributed by atoms with Crippen LogP contribution < -0.4 is 14.8 Å². The number of halogens is 1. The topological polar surface area (TPSA) is 97.7 Å². The van der Waals surface area contributed by atoms with Gasteiger partial charge in [0.15, 0.2) is 11.5 Å². The van der Waals surface area contributed by atoms with Crippen LogP contribution in [0.15, 0.2) is 72.3 Å². The summed E-state index contributed by atoms with van der Waals surface area (Å²) in [5, 5.41) is 12.8. The van der Waals surface area contributed by atoms with Crippen molar-refractivity contribution in [2.75, 3.05) is 19.5 Å². The van der Waals surface area contributed by atoms with Gasteiger partial charge in [-0.05, 0) is 53.6 Å². The van der Waals surface area contributed by atoms with Crippen molar-refractivity contribution in [1.82, 2.24) is 0 Å². The van der Waals surface area contributed by atoms with E-state index in [2.05, 4.69) is 5.32 Å². The van der Waals surface area contributed by atoms with Gasteiger partial charge in [0.25, 0.3) is 5.91 Å². The van der Waals surface area contributed by atoms with Crippen LogP contribution in [-0.4, -0.2) is 26.1 Å². The largest absolute Gasteiger partial charge is 0.493 e. The lowest BCUT2D eigenvalue weighted by Crippen LogP contribution is -2.16. The maximum Gasteiger partial charge on any atom is 0.339 e. The van der Waals surface area contributed by atoms with Crippen LogP contribution in [0, 0.1) is 11.3 Å². The van der Waals surface area contributed by atoms with E-state index in [1.54, 1.807) is 48.5 Å². The van der Waals surface area contributed by atoms with Crippen molar-refractivity contribution in [3.63, 3.8) is 0 Å². The Balaban J connectivity index is 1.82. The standard InChI is InChI=1S/C26H21ClN2O5/c1-32-23-12-9-18(14-24(23)34-16-17-7-10-20(27)11-8-17)13-19(15-28)25(30)29-22-6-4-3-5-21(22)26(31)33-2/h3-14H,16H2,1-2H3,(H,29,30). The van der Waals surface area contributed by atoms with Gasteiger partial charge in [-0.25, -0.2) is 4.79 Å². The molecular weight excluding hydrogens is 456 g/mol. The van der Waals surface area contributed by atoms with E-state index in [0.717, 1.165) is 5.56 Å². The smallest absolute Gasteiger partial charge is 0.339 e. The van der Waals surface area contributed by atoms with Crippen LogP contribution in [-0.2, 0) is 16.1 Å². The first-order valence-corrected chi connectivity index (χ1v) is 10.5. The first-order valence-electron chi connectivity index (χ1n) is 10.1. The number of para-hydroxylation sites is 1. The van der Waals surface area contributed by atoms with Gasteiger partial charge in [0.05, 0.1) is 25.5 Å². The van der Waals surface area contributed by atoms with Crippen LogP contribution >= 0.6 is 11.6 Å². The summed E-state index contributed by atoms with van der Waals surface area (Å²) in [6.07, 6.45) is 1.42. The lowest BCUT2D eigenvalue weighted by atomic mass is 10.1. The summed E-state index contributed by atoms with van der Waals surface area (Å²) in [6.45, 7) is 0.274. The molecule has 0 aliphatic heterocycles. The number of nitriles is 1. The van der Waals surface area contributed by atoms with Crippen LogP contribution in [0.3, 0.4) is 0 Å². The van der Waals surface area contributed by atoms with E-state index in [1.807, 2.05) is 18.2 Å². The average molecular weight is 477 g/mol. The Morgan fingerprint density at radius 2 is 1.76 bits per heavy atom. The molecule has 172 valence electrons. The molecule has 0 radical (unpaired) electrons. The van der Waals surface area contributed by atoms with Crippen molar-refractivity contribution in [1.29, 1.82) is 5.26 Å². The fourth-order valence-electron chi connectivity index (χ4n) is 3.02. The van der Waals surface area contributed by atoms with E-state index in [0.29, 0.717) is 22.1 Å². The van der Waals surface area contributed by atoms with Gasteiger partial charge in [-0.3, -0.25) is 4.79 Å². The van der Waals surface area contributed by atoms with Gasteiger partial charge < -0.3 is 19.5 Å². The van der Waals surface area contributed by atoms with Gasteiger partial charge in [0.1, 0.15) is 18.2 Å². The van der Waals surface area contributed by atoms with Crippen molar-refractivity contribution < 1.29 is 23.8 Å². The average Bonchev–Trinajstić information content (AvgIpc) is 2.86. The van der Waals surface area contributed by atoms with Crippen LogP contribution in [0.5, 0.6) is 11.5 Å². The third-order valence-corrected chi connectivity index (χ3v) is 5.00. The minimum Gasteiger partial charge on any atom is -0.493 e. The number of rotatable bonds is 8. The molecule has 8 heteroatoms. The molecule has 3 aromatic carbocycles. The normalized spacial score (nSPS) is 10.7. The fraction of sp³-hybridized carbons (Fsp3) is 0.115. The quantitative estimate of drug-likeness (QED) is 0.270. The predicted octanol–water partition coefficient (Wildman–Crippen LogP) is 5.26. The summed E-state index contributed by atoms with van der Waals surface area (Å²) in [5.41, 5.74) is 1.72. The van der Waals surface area contributed by atoms with Crippen LogP contribution in [0.25, 0.3) is 6.08 Å². The van der Waals surface area contributed by atoms with Crippen molar-refractivity contribution in [2.45, 2.75) is 6.61 Å². The number of esters is 1. The summed E-state index contributed by atoms with van der Waals surface area (Å²) in [4.78, 5) is 24.7. The molecule has 0 aliphatic carbocycles. The number of hydrogen-bond donors (Lipinski definition) is 1. The highest BCUT2D eigenvalue weighted by molar-refractivity contribution is 6.30. The number of carbonyl (C=O) groups excluding carboxylic acids is 2. The molecule has 0 heterocycles. The third kappa shape index (κ3) is 6.15. The number of ether oxygens (including phenoxy) is 3. The summed E-state index contributed by atoms with van der Waals surface area (Å²) in [7, 11) is 2.77. The summed E-state index contributed by atoms with van der Waals surface area (Å²) in [6, 6.07) is 20.6. The van der Waals surface area contributed by atoms with Gasteiger partial charge in [0.2, 0.25) is 0 Å². The number of methoxy groups -OCH3 is 2. The van der Waals surface area contributed by atoms with E-state index in [-0.39, 0.29) is 23.4 Å². The van der Waals surface area contributed by atoms with Crippen LogP contribution in [0.2, 0.25) is 5.02 Å². The van der Waals surface area contributed by atoms with Gasteiger partial charge in [0, 0.05) is 5.02 Å². The lowest BCUT2D eigenvalue weighted by molar-refractivity contribution is -0.112. The van der Waals surface area contributed by atoms with Crippen LogP contribution in [0.1, 0.15) is 21.5 Å². The Bertz CT molecular complexity index is 1260. The molecule has 0 aliphatic rings. The molecular formula is C26H21ClN2O5. The van der Waals surface area contributed by atoms with E-state index in [4.69, 9.17) is 25.8 Å². The Morgan fingerprint density at radius 3 is 2.44 bits per heavy atom. The molecule has 0 saturated carbocycles. The molecule has 1 N–H and O–H groups in total. The summed E-state index contributed by atoms with van der Waals surface area (Å²) >= 11 is 5.92. The Labute approximate surface area is 202 Å². The number of hydrogen-bond acceptors (Lipinski definition) is 6. The number of amides is 1. The Morgan fingerprint density at radius 1 is 1.03 bits per heavy atom. The maximum atomic E-state index is 12.7. The molecule has 0 spiro atoms. The molecule has 0 saturated heterocycles. The molecule has 0 fully saturated rings. The first-order chi connectivity index (χ1) is 16.4. The monoisotopic (exact) mass is 476 g/mol. The van der Waals surface area contributed by atoms with Crippen molar-refractivity contribution in [3.05, 3.63) is 94.0 Å². The van der Waals surface area contributed by atoms with Crippen molar-refractivity contribution >= 4 is 35.2 Å². The summed E-state index contributed by atoms with van der Waals surface area (Å²) in [5.74, 6) is -0.324. The van der Waals surface area contributed by atoms with Crippen molar-refractivity contribution in [2.24, 2.45) is 0 Å². The predicted molar refractivity (Wildman–Crippen MR) is 129 cm³/mol. The van der Waals surface area contributed by atoms with Gasteiger partial charge in [-0.2, -0.15) is 5.26 Å². The number of carbonyl (C=O) groups is 2. The zero-order valence-electron chi connectivity index (χ0n) is 18.5. The van der Waals surface area contributed by atoms with Crippen molar-refractivity contribution in [3.8, 4) is 17.6 Å². The number of nitrogens with zero attached hydrogens (tertiary/aromatic N) is 1. The molecule has 0 aromatic heterocycles. The molecule has 34 heavy (non-hydrogen) atoms. The Hall–Kier alpha value is -4.28. The zero-order chi connectivity index (χ0) is 24.5.